The van der Waals surface area contributed by atoms with Crippen molar-refractivity contribution in [2.45, 2.75) is 32.9 Å². The molecule has 0 spiro atoms. The SMILES string of the molecule is CCc1nn(C)cc1CNCC(=O)NC(C)COC. The van der Waals surface area contributed by atoms with Crippen LogP contribution in [0.1, 0.15) is 25.1 Å². The quantitative estimate of drug-likeness (QED) is 0.708. The number of nitrogens with zero attached hydrogens (tertiary/aromatic N) is 2. The molecule has 0 aliphatic rings. The molecule has 1 unspecified atom stereocenters. The van der Waals surface area contributed by atoms with Gasteiger partial charge in [-0.1, -0.05) is 6.92 Å². The molecule has 0 saturated heterocycles. The van der Waals surface area contributed by atoms with E-state index in [9.17, 15) is 4.79 Å². The summed E-state index contributed by atoms with van der Waals surface area (Å²) in [6.45, 7) is 5.46. The summed E-state index contributed by atoms with van der Waals surface area (Å²) in [4.78, 5) is 11.6. The predicted molar refractivity (Wildman–Crippen MR) is 73.8 cm³/mol. The molecule has 1 aromatic rings. The lowest BCUT2D eigenvalue weighted by Gasteiger charge is -2.12. The van der Waals surface area contributed by atoms with E-state index in [-0.39, 0.29) is 11.9 Å². The van der Waals surface area contributed by atoms with Crippen LogP contribution in [0.3, 0.4) is 0 Å². The normalized spacial score (nSPS) is 12.4. The van der Waals surface area contributed by atoms with Gasteiger partial charge < -0.3 is 15.4 Å². The summed E-state index contributed by atoms with van der Waals surface area (Å²) in [5.41, 5.74) is 2.21. The fraction of sp³-hybridized carbons (Fsp3) is 0.692. The van der Waals surface area contributed by atoms with Crippen LogP contribution in [0.25, 0.3) is 0 Å². The first-order valence-corrected chi connectivity index (χ1v) is 6.57. The third-order valence-electron chi connectivity index (χ3n) is 2.75. The zero-order chi connectivity index (χ0) is 14.3. The van der Waals surface area contributed by atoms with E-state index in [1.807, 2.05) is 20.2 Å². The molecule has 1 amide bonds. The van der Waals surface area contributed by atoms with Gasteiger partial charge in [-0.2, -0.15) is 5.10 Å². The van der Waals surface area contributed by atoms with E-state index in [0.717, 1.165) is 17.7 Å². The highest BCUT2D eigenvalue weighted by Crippen LogP contribution is 2.06. The molecule has 0 aliphatic carbocycles. The number of ether oxygens (including phenoxy) is 1. The van der Waals surface area contributed by atoms with Crippen LogP contribution in [0.15, 0.2) is 6.20 Å². The number of nitrogens with one attached hydrogen (secondary N) is 2. The smallest absolute Gasteiger partial charge is 0.234 e. The highest BCUT2D eigenvalue weighted by Gasteiger charge is 2.08. The average Bonchev–Trinajstić information content (AvgIpc) is 2.70. The number of carbonyl (C=O) groups excluding carboxylic acids is 1. The van der Waals surface area contributed by atoms with Gasteiger partial charge >= 0.3 is 0 Å². The standard InChI is InChI=1S/C13H24N4O2/c1-5-12-11(8-17(3)16-12)6-14-7-13(18)15-10(2)9-19-4/h8,10,14H,5-7,9H2,1-4H3,(H,15,18). The molecule has 1 rings (SSSR count). The molecule has 0 radical (unpaired) electrons. The molecule has 0 saturated carbocycles. The van der Waals surface area contributed by atoms with Crippen LogP contribution >= 0.6 is 0 Å². The summed E-state index contributed by atoms with van der Waals surface area (Å²) in [6, 6.07) is 0.0314. The van der Waals surface area contributed by atoms with Crippen LogP contribution in [-0.2, 0) is 29.5 Å². The van der Waals surface area contributed by atoms with E-state index in [2.05, 4.69) is 22.7 Å². The Morgan fingerprint density at radius 1 is 1.58 bits per heavy atom. The minimum atomic E-state index is -0.0218. The van der Waals surface area contributed by atoms with Crippen LogP contribution in [0, 0.1) is 0 Å². The number of hydrogen-bond acceptors (Lipinski definition) is 4. The molecular weight excluding hydrogens is 244 g/mol. The highest BCUT2D eigenvalue weighted by atomic mass is 16.5. The van der Waals surface area contributed by atoms with E-state index < -0.39 is 0 Å². The summed E-state index contributed by atoms with van der Waals surface area (Å²) in [5, 5.41) is 10.3. The topological polar surface area (TPSA) is 68.2 Å². The van der Waals surface area contributed by atoms with E-state index >= 15 is 0 Å². The average molecular weight is 268 g/mol. The number of methoxy groups -OCH3 is 1. The van der Waals surface area contributed by atoms with Crippen LogP contribution in [0.4, 0.5) is 0 Å². The van der Waals surface area contributed by atoms with E-state index in [1.165, 1.54) is 0 Å². The van der Waals surface area contributed by atoms with Crippen molar-refractivity contribution < 1.29 is 9.53 Å². The fourth-order valence-electron chi connectivity index (χ4n) is 1.96. The molecular formula is C13H24N4O2. The van der Waals surface area contributed by atoms with E-state index in [1.54, 1.807) is 11.8 Å². The number of aromatic nitrogens is 2. The van der Waals surface area contributed by atoms with E-state index in [0.29, 0.717) is 19.7 Å². The van der Waals surface area contributed by atoms with Crippen molar-refractivity contribution in [2.24, 2.45) is 7.05 Å². The number of carbonyl (C=O) groups is 1. The van der Waals surface area contributed by atoms with Gasteiger partial charge in [0, 0.05) is 38.5 Å². The van der Waals surface area contributed by atoms with Gasteiger partial charge in [-0.25, -0.2) is 0 Å². The minimum Gasteiger partial charge on any atom is -0.383 e. The Bertz CT molecular complexity index is 403. The monoisotopic (exact) mass is 268 g/mol. The maximum Gasteiger partial charge on any atom is 0.234 e. The lowest BCUT2D eigenvalue weighted by Crippen LogP contribution is -2.40. The highest BCUT2D eigenvalue weighted by molar-refractivity contribution is 5.78. The summed E-state index contributed by atoms with van der Waals surface area (Å²) in [5.74, 6) is -0.0218. The van der Waals surface area contributed by atoms with Crippen molar-refractivity contribution in [3.63, 3.8) is 0 Å². The molecule has 0 aromatic carbocycles. The number of aryl methyl sites for hydroxylation is 2. The second-order valence-electron chi connectivity index (χ2n) is 4.66. The maximum atomic E-state index is 11.6. The van der Waals surface area contributed by atoms with Crippen LogP contribution in [-0.4, -0.2) is 42.0 Å². The molecule has 0 bridgehead atoms. The van der Waals surface area contributed by atoms with Crippen molar-refractivity contribution in [3.05, 3.63) is 17.5 Å². The van der Waals surface area contributed by atoms with Crippen LogP contribution in [0.2, 0.25) is 0 Å². The Labute approximate surface area is 114 Å². The third kappa shape index (κ3) is 5.40. The van der Waals surface area contributed by atoms with Crippen molar-refractivity contribution in [3.8, 4) is 0 Å². The van der Waals surface area contributed by atoms with Gasteiger partial charge in [-0.3, -0.25) is 9.48 Å². The maximum absolute atomic E-state index is 11.6. The third-order valence-corrected chi connectivity index (χ3v) is 2.75. The molecule has 108 valence electrons. The zero-order valence-electron chi connectivity index (χ0n) is 12.2. The zero-order valence-corrected chi connectivity index (χ0v) is 12.2. The number of amides is 1. The molecule has 0 aliphatic heterocycles. The van der Waals surface area contributed by atoms with Crippen LogP contribution in [0.5, 0.6) is 0 Å². The Balaban J connectivity index is 2.31. The van der Waals surface area contributed by atoms with Crippen LogP contribution < -0.4 is 10.6 Å². The Morgan fingerprint density at radius 3 is 2.95 bits per heavy atom. The largest absolute Gasteiger partial charge is 0.383 e. The minimum absolute atomic E-state index is 0.0218. The van der Waals surface area contributed by atoms with Crippen molar-refractivity contribution >= 4 is 5.91 Å². The van der Waals surface area contributed by atoms with E-state index in [4.69, 9.17) is 4.74 Å². The molecule has 1 atom stereocenters. The van der Waals surface area contributed by atoms with Gasteiger partial charge in [-0.05, 0) is 13.3 Å². The number of rotatable bonds is 8. The molecule has 2 N–H and O–H groups in total. The molecule has 6 heteroatoms. The van der Waals surface area contributed by atoms with Crippen molar-refractivity contribution in [1.82, 2.24) is 20.4 Å². The second-order valence-corrected chi connectivity index (χ2v) is 4.66. The molecule has 19 heavy (non-hydrogen) atoms. The summed E-state index contributed by atoms with van der Waals surface area (Å²) < 4.78 is 6.77. The Kier molecular flexibility index (Phi) is 6.52. The fourth-order valence-corrected chi connectivity index (χ4v) is 1.96. The molecule has 1 heterocycles. The summed E-state index contributed by atoms with van der Waals surface area (Å²) in [7, 11) is 3.53. The molecule has 6 nitrogen and oxygen atoms in total. The first kappa shape index (κ1) is 15.7. The van der Waals surface area contributed by atoms with Gasteiger partial charge in [0.1, 0.15) is 0 Å². The Morgan fingerprint density at radius 2 is 2.32 bits per heavy atom. The second kappa shape index (κ2) is 7.91. The van der Waals surface area contributed by atoms with Crippen molar-refractivity contribution in [1.29, 1.82) is 0 Å². The summed E-state index contributed by atoms with van der Waals surface area (Å²) >= 11 is 0. The predicted octanol–water partition coefficient (Wildman–Crippen LogP) is 0.223. The first-order chi connectivity index (χ1) is 9.06. The van der Waals surface area contributed by atoms with Gasteiger partial charge in [0.15, 0.2) is 0 Å². The number of hydrogen-bond donors (Lipinski definition) is 2. The van der Waals surface area contributed by atoms with Gasteiger partial charge in [0.05, 0.1) is 18.8 Å². The van der Waals surface area contributed by atoms with Gasteiger partial charge in [0.2, 0.25) is 5.91 Å². The first-order valence-electron chi connectivity index (χ1n) is 6.57. The molecule has 1 aromatic heterocycles. The lowest BCUT2D eigenvalue weighted by atomic mass is 10.2. The lowest BCUT2D eigenvalue weighted by molar-refractivity contribution is -0.121. The summed E-state index contributed by atoms with van der Waals surface area (Å²) in [6.07, 6.45) is 2.88. The molecule has 0 fully saturated rings. The van der Waals surface area contributed by atoms with Gasteiger partial charge in [0.25, 0.3) is 0 Å². The Hall–Kier alpha value is -1.40. The van der Waals surface area contributed by atoms with Gasteiger partial charge in [-0.15, -0.1) is 0 Å². The van der Waals surface area contributed by atoms with Crippen molar-refractivity contribution in [2.75, 3.05) is 20.3 Å².